The van der Waals surface area contributed by atoms with Gasteiger partial charge < -0.3 is 5.32 Å². The van der Waals surface area contributed by atoms with E-state index in [0.29, 0.717) is 12.0 Å². The fourth-order valence-electron chi connectivity index (χ4n) is 4.96. The Morgan fingerprint density at radius 2 is 1.67 bits per heavy atom. The summed E-state index contributed by atoms with van der Waals surface area (Å²) in [4.78, 5) is 24.9. The molecule has 0 amide bonds. The number of Topliss-reactive ketones (excluding diaryl/α,β-unsaturated/α-hetero) is 1. The molecule has 6 heteroatoms. The Hall–Kier alpha value is -3.77. The average Bonchev–Trinajstić information content (AvgIpc) is 2.86. The van der Waals surface area contributed by atoms with Crippen LogP contribution in [0.5, 0.6) is 0 Å². The van der Waals surface area contributed by atoms with Crippen molar-refractivity contribution in [2.24, 2.45) is 5.41 Å². The molecule has 0 fully saturated rings. The van der Waals surface area contributed by atoms with Crippen molar-refractivity contribution in [2.45, 2.75) is 26.2 Å². The molecule has 1 heterocycles. The third-order valence-electron chi connectivity index (χ3n) is 6.82. The second-order valence-electron chi connectivity index (χ2n) is 9.79. The lowest BCUT2D eigenvalue weighted by Gasteiger charge is -2.40. The number of nitrogens with one attached hydrogen (secondary N) is 1. The summed E-state index contributed by atoms with van der Waals surface area (Å²) in [5.74, 6) is -0.324. The van der Waals surface area contributed by atoms with Gasteiger partial charge in [-0.05, 0) is 52.8 Å². The van der Waals surface area contributed by atoms with Gasteiger partial charge in [-0.2, -0.15) is 0 Å². The molecular weight excluding hydrogens is 516 g/mol. The molecule has 2 aliphatic rings. The number of hydrogen-bond acceptors (Lipinski definition) is 4. The zero-order valence-electron chi connectivity index (χ0n) is 20.0. The molecule has 1 aliphatic carbocycles. The van der Waals surface area contributed by atoms with Gasteiger partial charge in [0.05, 0.1) is 4.92 Å². The second kappa shape index (κ2) is 9.36. The van der Waals surface area contributed by atoms with Gasteiger partial charge >= 0.3 is 0 Å². The highest BCUT2D eigenvalue weighted by atomic mass is 79.9. The van der Waals surface area contributed by atoms with Crippen molar-refractivity contribution in [2.75, 3.05) is 0 Å². The predicted octanol–water partition coefficient (Wildman–Crippen LogP) is 7.42. The number of non-ortho nitro benzene ring substituents is 1. The maximum absolute atomic E-state index is 14.1. The van der Waals surface area contributed by atoms with E-state index >= 15 is 0 Å². The van der Waals surface area contributed by atoms with Crippen molar-refractivity contribution in [1.82, 2.24) is 5.32 Å². The first-order valence-corrected chi connectivity index (χ1v) is 12.6. The maximum atomic E-state index is 14.1. The molecule has 5 rings (SSSR count). The van der Waals surface area contributed by atoms with Crippen LogP contribution in [0.1, 0.15) is 42.9 Å². The lowest BCUT2D eigenvalue weighted by atomic mass is 9.67. The van der Waals surface area contributed by atoms with Crippen LogP contribution in [0.3, 0.4) is 0 Å². The van der Waals surface area contributed by atoms with Crippen LogP contribution >= 0.6 is 15.9 Å². The molecule has 0 aromatic heterocycles. The number of allylic oxidation sites excluding steroid dienone is 4. The third-order valence-corrected chi connectivity index (χ3v) is 7.35. The Morgan fingerprint density at radius 3 is 2.31 bits per heavy atom. The first-order valence-electron chi connectivity index (χ1n) is 11.8. The van der Waals surface area contributed by atoms with Crippen LogP contribution in [0.4, 0.5) is 5.69 Å². The second-order valence-corrected chi connectivity index (χ2v) is 10.7. The Kier molecular flexibility index (Phi) is 6.22. The quantitative estimate of drug-likeness (QED) is 0.212. The lowest BCUT2D eigenvalue weighted by molar-refractivity contribution is -0.384. The van der Waals surface area contributed by atoms with Gasteiger partial charge in [-0.15, -0.1) is 0 Å². The van der Waals surface area contributed by atoms with Gasteiger partial charge in [0.25, 0.3) is 5.69 Å². The number of ketones is 1. The third kappa shape index (κ3) is 4.56. The molecule has 180 valence electrons. The van der Waals surface area contributed by atoms with Crippen molar-refractivity contribution in [3.8, 4) is 0 Å². The predicted molar refractivity (Wildman–Crippen MR) is 146 cm³/mol. The number of dihydropyridines is 1. The summed E-state index contributed by atoms with van der Waals surface area (Å²) in [5, 5.41) is 14.8. The SMILES string of the molecule is CC1(C)CC2=C(C(=O)/C1=C\c1ccccc1)C(c1ccc([N+](=O)[O-])cc1)C=C(c1ccc(Br)cc1)N2. The Morgan fingerprint density at radius 1 is 1.00 bits per heavy atom. The number of nitro benzene ring substituents is 1. The molecule has 1 aliphatic heterocycles. The highest BCUT2D eigenvalue weighted by molar-refractivity contribution is 9.10. The summed E-state index contributed by atoms with van der Waals surface area (Å²) in [7, 11) is 0. The number of hydrogen-bond donors (Lipinski definition) is 1. The Balaban J connectivity index is 1.64. The summed E-state index contributed by atoms with van der Waals surface area (Å²) >= 11 is 3.49. The van der Waals surface area contributed by atoms with Gasteiger partial charge in [0.2, 0.25) is 0 Å². The van der Waals surface area contributed by atoms with Crippen LogP contribution in [0.2, 0.25) is 0 Å². The summed E-state index contributed by atoms with van der Waals surface area (Å²) in [6.45, 7) is 4.20. The minimum absolute atomic E-state index is 0.00654. The van der Waals surface area contributed by atoms with Gasteiger partial charge in [-0.25, -0.2) is 0 Å². The van der Waals surface area contributed by atoms with Crippen LogP contribution in [-0.2, 0) is 4.79 Å². The zero-order valence-corrected chi connectivity index (χ0v) is 21.6. The smallest absolute Gasteiger partial charge is 0.269 e. The number of carbonyl (C=O) groups excluding carboxylic acids is 1. The van der Waals surface area contributed by atoms with Crippen molar-refractivity contribution < 1.29 is 9.72 Å². The number of benzene rings is 3. The summed E-state index contributed by atoms with van der Waals surface area (Å²) in [5.41, 5.74) is 5.78. The first kappa shape index (κ1) is 23.9. The first-order chi connectivity index (χ1) is 17.2. The number of nitro groups is 1. The molecule has 3 aromatic rings. The standard InChI is InChI=1S/C30H25BrN2O3/c1-30(2)18-27-28(29(34)25(30)16-19-6-4-3-5-7-19)24(20-10-14-23(15-11-20)33(35)36)17-26(32-27)21-8-12-22(31)13-9-21/h3-17,24,32H,18H2,1-2H3/b25-16+. The zero-order chi connectivity index (χ0) is 25.4. The van der Waals surface area contributed by atoms with Crippen molar-refractivity contribution in [3.05, 3.63) is 133 Å². The number of carbonyl (C=O) groups is 1. The number of rotatable bonds is 4. The van der Waals surface area contributed by atoms with Crippen LogP contribution in [-0.4, -0.2) is 10.7 Å². The van der Waals surface area contributed by atoms with Gasteiger partial charge in [-0.1, -0.05) is 84.4 Å². The van der Waals surface area contributed by atoms with E-state index in [9.17, 15) is 14.9 Å². The van der Waals surface area contributed by atoms with E-state index in [2.05, 4.69) is 41.2 Å². The average molecular weight is 541 g/mol. The van der Waals surface area contributed by atoms with Crippen molar-refractivity contribution in [1.29, 1.82) is 0 Å². The van der Waals surface area contributed by atoms with Crippen LogP contribution in [0, 0.1) is 15.5 Å². The van der Waals surface area contributed by atoms with Gasteiger partial charge in [0, 0.05) is 45.1 Å². The van der Waals surface area contributed by atoms with Crippen molar-refractivity contribution >= 4 is 39.2 Å². The fourth-order valence-corrected chi connectivity index (χ4v) is 5.22. The van der Waals surface area contributed by atoms with Gasteiger partial charge in [0.1, 0.15) is 0 Å². The van der Waals surface area contributed by atoms with E-state index < -0.39 is 4.92 Å². The molecule has 5 nitrogen and oxygen atoms in total. The number of nitrogens with zero attached hydrogens (tertiary/aromatic N) is 1. The minimum atomic E-state index is -0.408. The van der Waals surface area contributed by atoms with Crippen molar-refractivity contribution in [3.63, 3.8) is 0 Å². The molecule has 1 N–H and O–H groups in total. The van der Waals surface area contributed by atoms with E-state index in [-0.39, 0.29) is 22.8 Å². The Labute approximate surface area is 218 Å². The van der Waals surface area contributed by atoms with Crippen LogP contribution in [0.15, 0.2) is 106 Å². The molecule has 3 aromatic carbocycles. The molecule has 0 saturated carbocycles. The molecular formula is C30H25BrN2O3. The minimum Gasteiger partial charge on any atom is -0.358 e. The largest absolute Gasteiger partial charge is 0.358 e. The maximum Gasteiger partial charge on any atom is 0.269 e. The van der Waals surface area contributed by atoms with E-state index in [1.165, 1.54) is 12.1 Å². The molecule has 0 radical (unpaired) electrons. The molecule has 0 saturated heterocycles. The monoisotopic (exact) mass is 540 g/mol. The van der Waals surface area contributed by atoms with E-state index in [1.54, 1.807) is 12.1 Å². The van der Waals surface area contributed by atoms with Gasteiger partial charge in [-0.3, -0.25) is 14.9 Å². The summed E-state index contributed by atoms with van der Waals surface area (Å²) in [6, 6.07) is 24.4. The van der Waals surface area contributed by atoms with Crippen LogP contribution in [0.25, 0.3) is 11.8 Å². The lowest BCUT2D eigenvalue weighted by Crippen LogP contribution is -2.37. The van der Waals surface area contributed by atoms with E-state index in [4.69, 9.17) is 0 Å². The highest BCUT2D eigenvalue weighted by Crippen LogP contribution is 2.48. The summed E-state index contributed by atoms with van der Waals surface area (Å²) < 4.78 is 0.985. The summed E-state index contributed by atoms with van der Waals surface area (Å²) in [6.07, 6.45) is 4.72. The number of halogens is 1. The van der Waals surface area contributed by atoms with Gasteiger partial charge in [0.15, 0.2) is 5.78 Å². The molecule has 36 heavy (non-hydrogen) atoms. The Bertz CT molecular complexity index is 1430. The molecule has 1 unspecified atom stereocenters. The van der Waals surface area contributed by atoms with Crippen LogP contribution < -0.4 is 5.32 Å². The van der Waals surface area contributed by atoms with E-state index in [0.717, 1.165) is 38.1 Å². The van der Waals surface area contributed by atoms with E-state index in [1.807, 2.05) is 60.7 Å². The highest BCUT2D eigenvalue weighted by Gasteiger charge is 2.42. The molecule has 0 bridgehead atoms. The molecule has 1 atom stereocenters. The topological polar surface area (TPSA) is 72.2 Å². The molecule has 0 spiro atoms. The normalized spacial score (nSPS) is 20.0. The fraction of sp³-hybridized carbons (Fsp3) is 0.167.